The van der Waals surface area contributed by atoms with Gasteiger partial charge in [0, 0.05) is 89.6 Å². The maximum atomic E-state index is 4.65. The molecule has 0 radical (unpaired) electrons. The van der Waals surface area contributed by atoms with Crippen LogP contribution in [-0.4, -0.2) is 74.8 Å². The van der Waals surface area contributed by atoms with Gasteiger partial charge in [0.05, 0.1) is 63.9 Å². The lowest BCUT2D eigenvalue weighted by molar-refractivity contribution is 0.535. The number of H-pyrrole nitrogens is 7. The van der Waals surface area contributed by atoms with Crippen molar-refractivity contribution in [2.75, 3.05) is 0 Å². The molecule has 0 saturated heterocycles. The molecule has 0 unspecified atom stereocenters. The predicted molar refractivity (Wildman–Crippen MR) is 569 cm³/mol. The van der Waals surface area contributed by atoms with Crippen LogP contribution in [0.1, 0.15) is 422 Å². The van der Waals surface area contributed by atoms with Crippen molar-refractivity contribution in [3.8, 4) is 45.6 Å². The van der Waals surface area contributed by atoms with Crippen LogP contribution in [0.3, 0.4) is 0 Å². The fourth-order valence-electron chi connectivity index (χ4n) is 12.3. The number of benzene rings is 5. The molecule has 0 aliphatic carbocycles. The quantitative estimate of drug-likeness (QED) is 0.0840. The molecule has 15 heteroatoms. The van der Waals surface area contributed by atoms with Gasteiger partial charge in [-0.2, -0.15) is 0 Å². The van der Waals surface area contributed by atoms with E-state index in [1.165, 1.54) is 49.8 Å². The van der Waals surface area contributed by atoms with E-state index in [0.29, 0.717) is 5.92 Å². The van der Waals surface area contributed by atoms with Crippen molar-refractivity contribution in [1.82, 2.24) is 74.8 Å². The van der Waals surface area contributed by atoms with Crippen LogP contribution in [0.25, 0.3) is 66.6 Å². The van der Waals surface area contributed by atoms with E-state index in [0.717, 1.165) is 96.9 Å². The van der Waals surface area contributed by atoms with Crippen LogP contribution in [0.15, 0.2) is 146 Å². The summed E-state index contributed by atoms with van der Waals surface area (Å²) < 4.78 is 0. The lowest BCUT2D eigenvalue weighted by Gasteiger charge is -2.19. The molecule has 0 aliphatic rings. The molecule has 0 saturated carbocycles. The molecule has 0 fully saturated rings. The molecule has 0 amide bonds. The first-order chi connectivity index (χ1) is 55.4. The van der Waals surface area contributed by atoms with Gasteiger partial charge < -0.3 is 34.9 Å². The van der Waals surface area contributed by atoms with Gasteiger partial charge in [0.2, 0.25) is 0 Å². The smallest absolute Gasteiger partial charge is 0.112 e. The van der Waals surface area contributed by atoms with Crippen LogP contribution in [0.4, 0.5) is 0 Å². The van der Waals surface area contributed by atoms with Gasteiger partial charge in [-0.3, -0.25) is 4.98 Å². The van der Waals surface area contributed by atoms with Gasteiger partial charge in [0.1, 0.15) is 46.5 Å². The van der Waals surface area contributed by atoms with E-state index in [-0.39, 0.29) is 122 Å². The van der Waals surface area contributed by atoms with Gasteiger partial charge in [-0.25, -0.2) is 34.9 Å². The fraction of sp³-hybridized carbons (Fsp3) is 0.544. The number of hydrogen-bond acceptors (Lipinski definition) is 8. The molecule has 0 aliphatic heterocycles. The van der Waals surface area contributed by atoms with Crippen molar-refractivity contribution in [3.05, 3.63) is 226 Å². The van der Waals surface area contributed by atoms with Crippen molar-refractivity contribution < 1.29 is 0 Å². The Balaban J connectivity index is 0.00000148. The van der Waals surface area contributed by atoms with Gasteiger partial charge in [-0.05, 0) is 129 Å². The Labute approximate surface area is 787 Å². The Bertz CT molecular complexity index is 5320. The number of aromatic nitrogens is 15. The first-order valence-electron chi connectivity index (χ1n) is 43.9. The number of rotatable bonds is 4. The monoisotopic (exact) mass is 1760 g/mol. The van der Waals surface area contributed by atoms with Crippen LogP contribution >= 0.6 is 0 Å². The van der Waals surface area contributed by atoms with Crippen LogP contribution in [0.2, 0.25) is 0 Å². The summed E-state index contributed by atoms with van der Waals surface area (Å²) in [5.41, 5.74) is 21.1. The highest BCUT2D eigenvalue weighted by atomic mass is 15.0. The Hall–Kier alpha value is -9.94. The van der Waals surface area contributed by atoms with Gasteiger partial charge >= 0.3 is 0 Å². The second kappa shape index (κ2) is 44.8. The third-order valence-corrected chi connectivity index (χ3v) is 20.7. The van der Waals surface area contributed by atoms with Crippen LogP contribution in [0, 0.1) is 17.3 Å². The number of pyridine rings is 1. The molecular weight excluding hydrogens is 1580 g/mol. The molecule has 7 N–H and O–H groups in total. The maximum absolute atomic E-state index is 4.65. The predicted octanol–water partition coefficient (Wildman–Crippen LogP) is 33.3. The van der Waals surface area contributed by atoms with Crippen molar-refractivity contribution in [3.63, 3.8) is 0 Å². The Morgan fingerprint density at radius 1 is 0.256 bits per heavy atom. The highest BCUT2D eigenvalue weighted by Gasteiger charge is 2.27. The molecule has 0 bridgehead atoms. The average molecular weight is 1760 g/mol. The van der Waals surface area contributed by atoms with Crippen LogP contribution < -0.4 is 0 Å². The third-order valence-electron chi connectivity index (χ3n) is 20.7. The standard InChI is InChI=1S/C20H24N2.C17H24N2.C16H23N3.2C15H22N2.C13H20N2.C11H20N2.7CH4/c1-13(2)19-21-12-18(22-19)16-7-6-15-11-17(20(3,4)5)9-8-14(15)10-16;1-16(2,3)13-9-7-12(8-10-13)14-11-18-15(19-14)17(4,5)6;1-15(2,3)13-8-7-11(9-17-13)12-10-18-14(19-12)16(4,5)6;2*1-14(2,3)10-7-8-11-12(9-10)17-13(16-11)15(4,5)6;1-12(2,3)8-7-10-9-14-11(15-10)13(4,5)6;1-10(2,3)8-7-12-9(13-8)11(4,5)6;;;;;;;/h6-13H,1-5H3,(H,21,22);7-11H,1-6H3,(H,18,19);7-10H,1-6H3,(H,18,19);2*7-9H,1-6H3,(H,16,17);9H,1-6H3,(H,14,15);7H,1-6H3,(H,12,13);7*1H4. The Morgan fingerprint density at radius 2 is 0.597 bits per heavy atom. The summed E-state index contributed by atoms with van der Waals surface area (Å²) in [5.74, 6) is 13.9. The zero-order chi connectivity index (χ0) is 92.1. The fourth-order valence-corrected chi connectivity index (χ4v) is 12.3. The summed E-state index contributed by atoms with van der Waals surface area (Å²) >= 11 is 0. The summed E-state index contributed by atoms with van der Waals surface area (Å²) in [7, 11) is 0. The summed E-state index contributed by atoms with van der Waals surface area (Å²) in [4.78, 5) is 59.7. The van der Waals surface area contributed by atoms with E-state index in [1.54, 1.807) is 6.20 Å². The molecule has 0 spiro atoms. The minimum absolute atomic E-state index is 0. The molecule has 129 heavy (non-hydrogen) atoms. The maximum Gasteiger partial charge on any atom is 0.112 e. The highest BCUT2D eigenvalue weighted by molar-refractivity contribution is 5.87. The molecule has 8 heterocycles. The number of nitrogens with one attached hydrogen (secondary N) is 7. The second-order valence-corrected chi connectivity index (χ2v) is 46.8. The third kappa shape index (κ3) is 35.0. The average Bonchev–Trinajstić information content (AvgIpc) is 1.54. The van der Waals surface area contributed by atoms with Crippen molar-refractivity contribution >= 4 is 32.8 Å². The highest BCUT2D eigenvalue weighted by Crippen LogP contribution is 2.35. The SMILES string of the molecule is C.C.C.C.C.C.C.CC(C)(C)C#Cc1cnc(C(C)(C)C)[nH]1.CC(C)(C)c1ccc(-c2cnc(C(C)(C)C)[nH]2)cc1.CC(C)(C)c1ccc(-c2cnc(C(C)(C)C)[nH]2)cn1.CC(C)(C)c1ccc2nc(C(C)(C)C)[nH]c2c1.CC(C)(C)c1ccc2nc(C(C)(C)C)[nH]c2c1.CC(C)(C)c1cnc(C(C)(C)C)[nH]1.CC(C)c1ncc(-c2ccc3cc(C(C)(C)C)ccc3c2)[nH]1. The summed E-state index contributed by atoms with van der Waals surface area (Å²) in [5, 5.41) is 2.56. The van der Waals surface area contributed by atoms with E-state index in [2.05, 4.69) is 480 Å². The zero-order valence-electron chi connectivity index (χ0n) is 83.0. The van der Waals surface area contributed by atoms with Crippen molar-refractivity contribution in [1.29, 1.82) is 0 Å². The minimum atomic E-state index is 0. The first-order valence-corrected chi connectivity index (χ1v) is 43.9. The normalized spacial score (nSPS) is 12.1. The number of fused-ring (bicyclic) bond motifs is 3. The number of aromatic amines is 7. The summed E-state index contributed by atoms with van der Waals surface area (Å²) in [6, 6.07) is 39.3. The van der Waals surface area contributed by atoms with Crippen LogP contribution in [0.5, 0.6) is 0 Å². The van der Waals surface area contributed by atoms with Gasteiger partial charge in [0.15, 0.2) is 0 Å². The number of hydrogen-bond donors (Lipinski definition) is 7. The largest absolute Gasteiger partial charge is 0.345 e. The molecule has 5 aromatic carbocycles. The number of imidazole rings is 7. The molecule has 13 rings (SSSR count). The van der Waals surface area contributed by atoms with Gasteiger partial charge in [-0.15, -0.1) is 0 Å². The van der Waals surface area contributed by atoms with E-state index >= 15 is 0 Å². The number of nitrogens with zero attached hydrogens (tertiary/aromatic N) is 8. The van der Waals surface area contributed by atoms with Gasteiger partial charge in [-0.1, -0.05) is 388 Å². The van der Waals surface area contributed by atoms with E-state index in [1.807, 2.05) is 31.0 Å². The molecule has 714 valence electrons. The Morgan fingerprint density at radius 3 is 0.946 bits per heavy atom. The van der Waals surface area contributed by atoms with Crippen molar-refractivity contribution in [2.24, 2.45) is 5.41 Å². The topological polar surface area (TPSA) is 214 Å². The second-order valence-electron chi connectivity index (χ2n) is 46.8. The molecule has 8 aromatic heterocycles. The summed E-state index contributed by atoms with van der Waals surface area (Å²) in [6.07, 6.45) is 11.4. The molecule has 0 atom stereocenters. The van der Waals surface area contributed by atoms with Crippen LogP contribution in [-0.2, 0) is 65.0 Å². The Kier molecular flexibility index (Phi) is 41.3. The van der Waals surface area contributed by atoms with E-state index in [4.69, 9.17) is 0 Å². The first kappa shape index (κ1) is 119. The van der Waals surface area contributed by atoms with E-state index < -0.39 is 0 Å². The lowest BCUT2D eigenvalue weighted by Crippen LogP contribution is -2.15. The summed E-state index contributed by atoms with van der Waals surface area (Å²) in [6.45, 7) is 89.4. The molecule has 13 aromatic rings. The van der Waals surface area contributed by atoms with Crippen molar-refractivity contribution in [2.45, 2.75) is 407 Å². The lowest BCUT2D eigenvalue weighted by atomic mass is 9.86. The zero-order valence-corrected chi connectivity index (χ0v) is 83.0. The van der Waals surface area contributed by atoms with E-state index in [9.17, 15) is 0 Å². The van der Waals surface area contributed by atoms with Gasteiger partial charge in [0.25, 0.3) is 0 Å². The molecular formula is C114H183N15. The molecule has 15 nitrogen and oxygen atoms in total. The minimum Gasteiger partial charge on any atom is -0.345 e.